The molecule has 3 aromatic rings. The van der Waals surface area contributed by atoms with Crippen molar-refractivity contribution >= 4 is 5.69 Å². The average molecular weight is 363 g/mol. The van der Waals surface area contributed by atoms with Gasteiger partial charge >= 0.3 is 0 Å². The zero-order valence-electron chi connectivity index (χ0n) is 16.0. The number of hydrogen-bond acceptors (Lipinski definition) is 5. The van der Waals surface area contributed by atoms with Gasteiger partial charge in [0.15, 0.2) is 5.43 Å². The van der Waals surface area contributed by atoms with Crippen LogP contribution in [0, 0.1) is 0 Å². The number of nitrogens with zero attached hydrogens (tertiary/aromatic N) is 4. The molecule has 0 amide bonds. The molecule has 0 unspecified atom stereocenters. The maximum atomic E-state index is 12.2. The Hall–Kier alpha value is -2.99. The van der Waals surface area contributed by atoms with E-state index in [2.05, 4.69) is 45.8 Å². The van der Waals surface area contributed by atoms with Crippen LogP contribution >= 0.6 is 0 Å². The van der Waals surface area contributed by atoms with Crippen LogP contribution in [0.3, 0.4) is 0 Å². The molecule has 6 nitrogen and oxygen atoms in total. The van der Waals surface area contributed by atoms with E-state index >= 15 is 0 Å². The summed E-state index contributed by atoms with van der Waals surface area (Å²) < 4.78 is 0. The third-order valence-corrected chi connectivity index (χ3v) is 4.37. The number of H-pyrrole nitrogens is 1. The predicted molar refractivity (Wildman–Crippen MR) is 110 cm³/mol. The molecule has 0 aliphatic carbocycles. The molecule has 3 heterocycles. The summed E-state index contributed by atoms with van der Waals surface area (Å²) in [6.07, 6.45) is 3.50. The van der Waals surface area contributed by atoms with Gasteiger partial charge in [-0.2, -0.15) is 0 Å². The van der Waals surface area contributed by atoms with Crippen LogP contribution in [-0.2, 0) is 0 Å². The lowest BCUT2D eigenvalue weighted by Gasteiger charge is -2.25. The highest BCUT2D eigenvalue weighted by Gasteiger charge is 2.10. The van der Waals surface area contributed by atoms with Crippen molar-refractivity contribution in [3.8, 4) is 22.8 Å². The van der Waals surface area contributed by atoms with Crippen molar-refractivity contribution < 1.29 is 0 Å². The molecule has 0 spiro atoms. The third-order valence-electron chi connectivity index (χ3n) is 4.37. The molecule has 6 heteroatoms. The van der Waals surface area contributed by atoms with E-state index in [9.17, 15) is 4.79 Å². The van der Waals surface area contributed by atoms with Crippen molar-refractivity contribution in [1.29, 1.82) is 0 Å². The Balaban J connectivity index is 1.95. The molecule has 0 bridgehead atoms. The Morgan fingerprint density at radius 3 is 2.33 bits per heavy atom. The first kappa shape index (κ1) is 18.8. The first-order valence-corrected chi connectivity index (χ1v) is 9.08. The standard InChI is InChI=1S/C21H25N5O/c1-4-26(12-11-25(2)3)16-8-10-23-19(13-16)21-15-17(27)14-20(24-21)18-7-5-6-9-22-18/h5-10,13-15H,4,11-12H2,1-3H3,(H,24,27). The highest BCUT2D eigenvalue weighted by Crippen LogP contribution is 2.22. The van der Waals surface area contributed by atoms with Crippen molar-refractivity contribution in [2.45, 2.75) is 6.92 Å². The number of nitrogens with one attached hydrogen (secondary N) is 1. The highest BCUT2D eigenvalue weighted by molar-refractivity contribution is 5.65. The average Bonchev–Trinajstić information content (AvgIpc) is 2.69. The van der Waals surface area contributed by atoms with Gasteiger partial charge in [0, 0.05) is 49.8 Å². The normalized spacial score (nSPS) is 11.0. The van der Waals surface area contributed by atoms with Crippen molar-refractivity contribution in [3.63, 3.8) is 0 Å². The van der Waals surface area contributed by atoms with Crippen molar-refractivity contribution in [1.82, 2.24) is 19.9 Å². The first-order valence-electron chi connectivity index (χ1n) is 9.08. The van der Waals surface area contributed by atoms with E-state index in [1.54, 1.807) is 24.5 Å². The van der Waals surface area contributed by atoms with Gasteiger partial charge in [-0.3, -0.25) is 14.8 Å². The molecular formula is C21H25N5O. The molecule has 0 fully saturated rings. The quantitative estimate of drug-likeness (QED) is 0.699. The van der Waals surface area contributed by atoms with Crippen LogP contribution in [0.1, 0.15) is 6.92 Å². The zero-order chi connectivity index (χ0) is 19.2. The fourth-order valence-electron chi connectivity index (χ4n) is 2.90. The smallest absolute Gasteiger partial charge is 0.182 e. The Labute approximate surface area is 159 Å². The minimum absolute atomic E-state index is 0.0726. The van der Waals surface area contributed by atoms with Crippen LogP contribution in [-0.4, -0.2) is 53.6 Å². The summed E-state index contributed by atoms with van der Waals surface area (Å²) in [4.78, 5) is 28.8. The van der Waals surface area contributed by atoms with Gasteiger partial charge < -0.3 is 14.8 Å². The third kappa shape index (κ3) is 4.80. The fourth-order valence-corrected chi connectivity index (χ4v) is 2.90. The Bertz CT molecular complexity index is 937. The van der Waals surface area contributed by atoms with E-state index in [-0.39, 0.29) is 5.43 Å². The number of aromatic nitrogens is 3. The van der Waals surface area contributed by atoms with Gasteiger partial charge in [0.2, 0.25) is 0 Å². The van der Waals surface area contributed by atoms with Crippen LogP contribution in [0.5, 0.6) is 0 Å². The Kier molecular flexibility index (Phi) is 5.98. The molecule has 0 aliphatic rings. The van der Waals surface area contributed by atoms with Gasteiger partial charge in [0.1, 0.15) is 0 Å². The molecular weight excluding hydrogens is 338 g/mol. The molecule has 0 saturated heterocycles. The summed E-state index contributed by atoms with van der Waals surface area (Å²) in [6.45, 7) is 4.94. The van der Waals surface area contributed by atoms with Crippen LogP contribution in [0.4, 0.5) is 5.69 Å². The van der Waals surface area contributed by atoms with Crippen LogP contribution in [0.2, 0.25) is 0 Å². The summed E-state index contributed by atoms with van der Waals surface area (Å²) >= 11 is 0. The van der Waals surface area contributed by atoms with E-state index in [4.69, 9.17) is 0 Å². The topological polar surface area (TPSA) is 65.1 Å². The molecule has 0 aliphatic heterocycles. The zero-order valence-corrected chi connectivity index (χ0v) is 16.0. The van der Waals surface area contributed by atoms with Gasteiger partial charge in [-0.15, -0.1) is 0 Å². The summed E-state index contributed by atoms with van der Waals surface area (Å²) in [7, 11) is 4.14. The van der Waals surface area contributed by atoms with Crippen LogP contribution < -0.4 is 10.3 Å². The Morgan fingerprint density at radius 1 is 0.926 bits per heavy atom. The second-order valence-electron chi connectivity index (χ2n) is 6.64. The van der Waals surface area contributed by atoms with Gasteiger partial charge in [0.05, 0.1) is 22.8 Å². The second kappa shape index (κ2) is 8.60. The van der Waals surface area contributed by atoms with E-state index < -0.39 is 0 Å². The van der Waals surface area contributed by atoms with Crippen molar-refractivity contribution in [2.75, 3.05) is 38.6 Å². The SMILES string of the molecule is CCN(CCN(C)C)c1ccnc(-c2cc(=O)cc(-c3ccccn3)[nH]2)c1. The maximum Gasteiger partial charge on any atom is 0.182 e. The largest absolute Gasteiger partial charge is 0.370 e. The van der Waals surface area contributed by atoms with E-state index in [0.717, 1.165) is 36.7 Å². The Morgan fingerprint density at radius 2 is 1.67 bits per heavy atom. The van der Waals surface area contributed by atoms with E-state index in [1.165, 1.54) is 0 Å². The van der Waals surface area contributed by atoms with Gasteiger partial charge in [-0.25, -0.2) is 0 Å². The van der Waals surface area contributed by atoms with Gasteiger partial charge in [-0.1, -0.05) is 6.07 Å². The van der Waals surface area contributed by atoms with E-state index in [0.29, 0.717) is 11.4 Å². The summed E-state index contributed by atoms with van der Waals surface area (Å²) in [5.74, 6) is 0. The minimum Gasteiger partial charge on any atom is -0.370 e. The minimum atomic E-state index is -0.0726. The van der Waals surface area contributed by atoms with Gasteiger partial charge in [-0.05, 0) is 45.3 Å². The number of rotatable bonds is 7. The molecule has 27 heavy (non-hydrogen) atoms. The second-order valence-corrected chi connectivity index (χ2v) is 6.64. The summed E-state index contributed by atoms with van der Waals surface area (Å²) in [5.41, 5.74) is 3.86. The lowest BCUT2D eigenvalue weighted by atomic mass is 10.1. The number of likely N-dealkylation sites (N-methyl/N-ethyl adjacent to an activating group) is 2. The predicted octanol–water partition coefficient (Wildman–Crippen LogP) is 2.89. The summed E-state index contributed by atoms with van der Waals surface area (Å²) in [6, 6.07) is 12.8. The molecule has 3 aromatic heterocycles. The molecule has 0 atom stereocenters. The van der Waals surface area contributed by atoms with Crippen LogP contribution in [0.25, 0.3) is 22.8 Å². The first-order chi connectivity index (χ1) is 13.1. The number of pyridine rings is 3. The fraction of sp³-hybridized carbons (Fsp3) is 0.286. The summed E-state index contributed by atoms with van der Waals surface area (Å²) in [5, 5.41) is 0. The lowest BCUT2D eigenvalue weighted by molar-refractivity contribution is 0.414. The molecule has 0 aromatic carbocycles. The maximum absolute atomic E-state index is 12.2. The van der Waals surface area contributed by atoms with Gasteiger partial charge in [0.25, 0.3) is 0 Å². The lowest BCUT2D eigenvalue weighted by Crippen LogP contribution is -2.31. The number of anilines is 1. The van der Waals surface area contributed by atoms with Crippen LogP contribution in [0.15, 0.2) is 59.7 Å². The molecule has 0 radical (unpaired) electrons. The van der Waals surface area contributed by atoms with Crippen molar-refractivity contribution in [3.05, 3.63) is 65.1 Å². The van der Waals surface area contributed by atoms with Crippen molar-refractivity contribution in [2.24, 2.45) is 0 Å². The molecule has 3 rings (SSSR count). The molecule has 1 N–H and O–H groups in total. The number of aromatic amines is 1. The number of hydrogen-bond donors (Lipinski definition) is 1. The highest BCUT2D eigenvalue weighted by atomic mass is 16.1. The molecule has 140 valence electrons. The monoisotopic (exact) mass is 363 g/mol. The van der Waals surface area contributed by atoms with E-state index in [1.807, 2.05) is 30.3 Å². The molecule has 0 saturated carbocycles.